The van der Waals surface area contributed by atoms with Crippen molar-refractivity contribution >= 4 is 20.0 Å². The van der Waals surface area contributed by atoms with E-state index < -0.39 is 20.0 Å². The van der Waals surface area contributed by atoms with Crippen molar-refractivity contribution in [2.75, 3.05) is 26.2 Å². The number of para-hydroxylation sites is 1. The van der Waals surface area contributed by atoms with Gasteiger partial charge >= 0.3 is 0 Å². The van der Waals surface area contributed by atoms with Crippen LogP contribution in [0.1, 0.15) is 5.56 Å². The largest absolute Gasteiger partial charge is 0.457 e. The lowest BCUT2D eigenvalue weighted by Crippen LogP contribution is -2.50. The monoisotopic (exact) mass is 472 g/mol. The Balaban J connectivity index is 1.43. The molecule has 3 aromatic rings. The Morgan fingerprint density at radius 3 is 1.47 bits per heavy atom. The average molecular weight is 473 g/mol. The van der Waals surface area contributed by atoms with E-state index in [0.29, 0.717) is 11.5 Å². The van der Waals surface area contributed by atoms with Crippen molar-refractivity contribution in [1.82, 2.24) is 8.61 Å². The van der Waals surface area contributed by atoms with Gasteiger partial charge in [0.1, 0.15) is 11.5 Å². The van der Waals surface area contributed by atoms with Gasteiger partial charge in [0.2, 0.25) is 20.0 Å². The summed E-state index contributed by atoms with van der Waals surface area (Å²) in [5, 5.41) is 0. The summed E-state index contributed by atoms with van der Waals surface area (Å²) in [6.07, 6.45) is 0. The van der Waals surface area contributed by atoms with E-state index in [0.717, 1.165) is 5.56 Å². The van der Waals surface area contributed by atoms with Crippen LogP contribution in [0.2, 0.25) is 0 Å². The van der Waals surface area contributed by atoms with E-state index in [1.54, 1.807) is 36.4 Å². The van der Waals surface area contributed by atoms with E-state index in [2.05, 4.69) is 0 Å². The van der Waals surface area contributed by atoms with Crippen LogP contribution in [0.3, 0.4) is 0 Å². The molecule has 3 aromatic carbocycles. The van der Waals surface area contributed by atoms with Gasteiger partial charge in [-0.15, -0.1) is 0 Å². The highest BCUT2D eigenvalue weighted by molar-refractivity contribution is 7.89. The molecule has 0 radical (unpaired) electrons. The maximum Gasteiger partial charge on any atom is 0.243 e. The van der Waals surface area contributed by atoms with Crippen LogP contribution in [-0.2, 0) is 20.0 Å². The van der Waals surface area contributed by atoms with E-state index in [1.807, 2.05) is 37.3 Å². The smallest absolute Gasteiger partial charge is 0.243 e. The van der Waals surface area contributed by atoms with Gasteiger partial charge in [0.05, 0.1) is 9.79 Å². The minimum absolute atomic E-state index is 0.0929. The Hall–Kier alpha value is -2.72. The molecular formula is C23H24N2O5S2. The maximum absolute atomic E-state index is 13.0. The molecule has 0 spiro atoms. The van der Waals surface area contributed by atoms with Crippen molar-refractivity contribution in [3.63, 3.8) is 0 Å². The lowest BCUT2D eigenvalue weighted by molar-refractivity contribution is 0.273. The second-order valence-electron chi connectivity index (χ2n) is 7.51. The van der Waals surface area contributed by atoms with Crippen molar-refractivity contribution in [2.24, 2.45) is 0 Å². The SMILES string of the molecule is Cc1ccc(S(=O)(=O)N2CCN(S(=O)(=O)c3ccc(Oc4ccccc4)cc3)CC2)cc1. The third-order valence-electron chi connectivity index (χ3n) is 5.30. The molecule has 32 heavy (non-hydrogen) atoms. The number of ether oxygens (including phenoxy) is 1. The van der Waals surface area contributed by atoms with Gasteiger partial charge in [0, 0.05) is 26.2 Å². The Morgan fingerprint density at radius 2 is 1.00 bits per heavy atom. The van der Waals surface area contributed by atoms with E-state index >= 15 is 0 Å². The summed E-state index contributed by atoms with van der Waals surface area (Å²) in [6, 6.07) is 22.1. The van der Waals surface area contributed by atoms with Crippen LogP contribution in [0.4, 0.5) is 0 Å². The summed E-state index contributed by atoms with van der Waals surface area (Å²) in [4.78, 5) is 0.362. The maximum atomic E-state index is 13.0. The van der Waals surface area contributed by atoms with Crippen molar-refractivity contribution in [2.45, 2.75) is 16.7 Å². The van der Waals surface area contributed by atoms with Crippen molar-refractivity contribution in [1.29, 1.82) is 0 Å². The van der Waals surface area contributed by atoms with E-state index in [4.69, 9.17) is 4.74 Å². The fraction of sp³-hybridized carbons (Fsp3) is 0.217. The number of sulfonamides is 2. The second-order valence-corrected chi connectivity index (χ2v) is 11.4. The number of benzene rings is 3. The topological polar surface area (TPSA) is 84.0 Å². The summed E-state index contributed by atoms with van der Waals surface area (Å²) in [6.45, 7) is 2.28. The first-order valence-corrected chi connectivity index (χ1v) is 13.0. The van der Waals surface area contributed by atoms with Gasteiger partial charge in [0.25, 0.3) is 0 Å². The predicted octanol–water partition coefficient (Wildman–Crippen LogP) is 3.48. The summed E-state index contributed by atoms with van der Waals surface area (Å²) in [7, 11) is -7.39. The Kier molecular flexibility index (Phi) is 6.34. The normalized spacial score (nSPS) is 16.0. The van der Waals surface area contributed by atoms with Crippen LogP contribution in [0.25, 0.3) is 0 Å². The highest BCUT2D eigenvalue weighted by Gasteiger charge is 2.33. The number of aryl methyl sites for hydroxylation is 1. The second kappa shape index (κ2) is 9.03. The summed E-state index contributed by atoms with van der Waals surface area (Å²) >= 11 is 0. The van der Waals surface area contributed by atoms with Crippen LogP contribution >= 0.6 is 0 Å². The minimum atomic E-state index is -3.73. The van der Waals surface area contributed by atoms with E-state index in [1.165, 1.54) is 20.7 Å². The van der Waals surface area contributed by atoms with Gasteiger partial charge in [-0.2, -0.15) is 8.61 Å². The number of hydrogen-bond donors (Lipinski definition) is 0. The van der Waals surface area contributed by atoms with E-state index in [-0.39, 0.29) is 36.0 Å². The van der Waals surface area contributed by atoms with Gasteiger partial charge in [-0.3, -0.25) is 0 Å². The molecule has 1 aliphatic heterocycles. The molecule has 0 aromatic heterocycles. The van der Waals surface area contributed by atoms with Crippen LogP contribution in [0.15, 0.2) is 88.7 Å². The fourth-order valence-electron chi connectivity index (χ4n) is 3.46. The van der Waals surface area contributed by atoms with E-state index in [9.17, 15) is 16.8 Å². The van der Waals surface area contributed by atoms with Crippen LogP contribution in [-0.4, -0.2) is 51.6 Å². The van der Waals surface area contributed by atoms with Gasteiger partial charge < -0.3 is 4.74 Å². The number of rotatable bonds is 6. The Labute approximate surface area is 189 Å². The third kappa shape index (κ3) is 4.71. The van der Waals surface area contributed by atoms with Crippen LogP contribution < -0.4 is 4.74 Å². The number of nitrogens with zero attached hydrogens (tertiary/aromatic N) is 2. The highest BCUT2D eigenvalue weighted by Crippen LogP contribution is 2.25. The molecule has 0 N–H and O–H groups in total. The molecule has 1 aliphatic rings. The molecule has 0 aliphatic carbocycles. The number of hydrogen-bond acceptors (Lipinski definition) is 5. The molecule has 0 amide bonds. The highest BCUT2D eigenvalue weighted by atomic mass is 32.2. The molecule has 7 nitrogen and oxygen atoms in total. The Morgan fingerprint density at radius 1 is 0.594 bits per heavy atom. The summed E-state index contributed by atoms with van der Waals surface area (Å²) < 4.78 is 60.2. The standard InChI is InChI=1S/C23H24N2O5S2/c1-19-7-11-22(12-8-19)31(26,27)24-15-17-25(18-16-24)32(28,29)23-13-9-21(10-14-23)30-20-5-3-2-4-6-20/h2-14H,15-18H2,1H3. The summed E-state index contributed by atoms with van der Waals surface area (Å²) in [5.41, 5.74) is 0.972. The van der Waals surface area contributed by atoms with Crippen molar-refractivity contribution < 1.29 is 21.6 Å². The molecule has 0 bridgehead atoms. The van der Waals surface area contributed by atoms with Crippen molar-refractivity contribution in [3.8, 4) is 11.5 Å². The van der Waals surface area contributed by atoms with Gasteiger partial charge in [0.15, 0.2) is 0 Å². The predicted molar refractivity (Wildman–Crippen MR) is 122 cm³/mol. The first-order valence-electron chi connectivity index (χ1n) is 10.2. The molecule has 0 saturated carbocycles. The van der Waals surface area contributed by atoms with Crippen LogP contribution in [0.5, 0.6) is 11.5 Å². The fourth-order valence-corrected chi connectivity index (χ4v) is 6.31. The van der Waals surface area contributed by atoms with Gasteiger partial charge in [-0.1, -0.05) is 35.9 Å². The Bertz CT molecular complexity index is 1270. The zero-order valence-corrected chi connectivity index (χ0v) is 19.2. The molecular weight excluding hydrogens is 448 g/mol. The molecule has 0 atom stereocenters. The molecule has 1 fully saturated rings. The molecule has 1 saturated heterocycles. The first-order chi connectivity index (χ1) is 15.3. The molecule has 168 valence electrons. The molecule has 0 unspecified atom stereocenters. The molecule has 9 heteroatoms. The number of piperazine rings is 1. The van der Waals surface area contributed by atoms with Crippen molar-refractivity contribution in [3.05, 3.63) is 84.4 Å². The lowest BCUT2D eigenvalue weighted by Gasteiger charge is -2.33. The first kappa shape index (κ1) is 22.5. The zero-order valence-electron chi connectivity index (χ0n) is 17.6. The lowest BCUT2D eigenvalue weighted by atomic mass is 10.2. The third-order valence-corrected chi connectivity index (χ3v) is 9.12. The quantitative estimate of drug-likeness (QED) is 0.548. The zero-order chi connectivity index (χ0) is 22.8. The molecule has 1 heterocycles. The molecule has 4 rings (SSSR count). The van der Waals surface area contributed by atoms with Crippen LogP contribution in [0, 0.1) is 6.92 Å². The average Bonchev–Trinajstić information content (AvgIpc) is 2.80. The van der Waals surface area contributed by atoms with Gasteiger partial charge in [-0.05, 0) is 55.5 Å². The minimum Gasteiger partial charge on any atom is -0.457 e. The summed E-state index contributed by atoms with van der Waals surface area (Å²) in [5.74, 6) is 1.19. The van der Waals surface area contributed by atoms with Gasteiger partial charge in [-0.25, -0.2) is 16.8 Å².